The normalized spacial score (nSPS) is 11.3. The number of para-hydroxylation sites is 1. The molecule has 0 amide bonds. The minimum absolute atomic E-state index is 0.0362. The summed E-state index contributed by atoms with van der Waals surface area (Å²) in [5.74, 6) is 0.799. The van der Waals surface area contributed by atoms with Crippen LogP contribution in [-0.4, -0.2) is 39.2 Å². The van der Waals surface area contributed by atoms with Crippen molar-refractivity contribution in [2.24, 2.45) is 0 Å². The number of anilines is 1. The number of rotatable bonds is 10. The molecule has 0 atom stereocenters. The molecule has 1 heterocycles. The Morgan fingerprint density at radius 1 is 0.865 bits per heavy atom. The summed E-state index contributed by atoms with van der Waals surface area (Å²) in [4.78, 5) is 15.8. The smallest absolute Gasteiger partial charge is 0.203 e. The van der Waals surface area contributed by atoms with Gasteiger partial charge >= 0.3 is 0 Å². The second-order valence-corrected chi connectivity index (χ2v) is 7.97. The van der Waals surface area contributed by atoms with Crippen molar-refractivity contribution in [3.63, 3.8) is 0 Å². The molecule has 4 aromatic rings. The third kappa shape index (κ3) is 5.43. The van der Waals surface area contributed by atoms with E-state index in [1.54, 1.807) is 50.8 Å². The third-order valence-corrected chi connectivity index (χ3v) is 5.75. The first-order valence-corrected chi connectivity index (χ1v) is 11.4. The van der Waals surface area contributed by atoms with Crippen LogP contribution in [-0.2, 0) is 0 Å². The van der Waals surface area contributed by atoms with Crippen molar-refractivity contribution in [2.45, 2.75) is 0 Å². The van der Waals surface area contributed by atoms with Crippen molar-refractivity contribution in [3.8, 4) is 23.0 Å². The van der Waals surface area contributed by atoms with Crippen LogP contribution in [0.4, 0.5) is 10.1 Å². The average Bonchev–Trinajstić information content (AvgIpc) is 3.35. The first-order valence-electron chi connectivity index (χ1n) is 11.4. The Morgan fingerprint density at radius 2 is 1.51 bits per heavy atom. The van der Waals surface area contributed by atoms with E-state index in [9.17, 15) is 9.18 Å². The molecule has 3 aromatic carbocycles. The third-order valence-electron chi connectivity index (χ3n) is 5.75. The number of ketones is 1. The molecule has 7 nitrogen and oxygen atoms in total. The SMILES string of the molecule is COc1cc(C=Cc2cc(F)c(OC)c(NC=CC(=O)c3c[nH]c4ccccc34)c2)cc(OC)c1OC. The molecular weight excluding hydrogens is 475 g/mol. The molecule has 0 bridgehead atoms. The number of allylic oxidation sites excluding steroid dienone is 1. The Kier molecular flexibility index (Phi) is 7.78. The van der Waals surface area contributed by atoms with Crippen LogP contribution in [0.3, 0.4) is 0 Å². The van der Waals surface area contributed by atoms with E-state index in [2.05, 4.69) is 10.3 Å². The summed E-state index contributed by atoms with van der Waals surface area (Å²) in [6.07, 6.45) is 8.08. The van der Waals surface area contributed by atoms with E-state index in [-0.39, 0.29) is 11.5 Å². The monoisotopic (exact) mass is 502 g/mol. The lowest BCUT2D eigenvalue weighted by Gasteiger charge is -2.13. The lowest BCUT2D eigenvalue weighted by molar-refractivity contribution is 0.104. The van der Waals surface area contributed by atoms with E-state index in [0.717, 1.165) is 16.5 Å². The van der Waals surface area contributed by atoms with Crippen molar-refractivity contribution in [3.05, 3.63) is 89.5 Å². The van der Waals surface area contributed by atoms with E-state index in [1.807, 2.05) is 24.3 Å². The van der Waals surface area contributed by atoms with Gasteiger partial charge in [-0.1, -0.05) is 30.4 Å². The number of aromatic nitrogens is 1. The predicted octanol–water partition coefficient (Wildman–Crippen LogP) is 6.32. The van der Waals surface area contributed by atoms with Crippen LogP contribution in [0.5, 0.6) is 23.0 Å². The molecule has 0 radical (unpaired) electrons. The first kappa shape index (κ1) is 25.4. The molecule has 0 saturated heterocycles. The number of fused-ring (bicyclic) bond motifs is 1. The maximum atomic E-state index is 14.8. The lowest BCUT2D eigenvalue weighted by Crippen LogP contribution is -1.99. The van der Waals surface area contributed by atoms with Crippen LogP contribution < -0.4 is 24.3 Å². The summed E-state index contributed by atoms with van der Waals surface area (Å²) in [5, 5.41) is 3.80. The highest BCUT2D eigenvalue weighted by Gasteiger charge is 2.14. The fourth-order valence-corrected chi connectivity index (χ4v) is 3.99. The summed E-state index contributed by atoms with van der Waals surface area (Å²) >= 11 is 0. The maximum absolute atomic E-state index is 14.8. The van der Waals surface area contributed by atoms with Gasteiger partial charge in [-0.05, 0) is 41.5 Å². The van der Waals surface area contributed by atoms with Crippen molar-refractivity contribution < 1.29 is 28.1 Å². The van der Waals surface area contributed by atoms with Gasteiger partial charge in [0.15, 0.2) is 28.8 Å². The average molecular weight is 503 g/mol. The fraction of sp³-hybridized carbons (Fsp3) is 0.138. The molecule has 0 fully saturated rings. The van der Waals surface area contributed by atoms with Crippen LogP contribution in [0.1, 0.15) is 21.5 Å². The first-order chi connectivity index (χ1) is 18.0. The van der Waals surface area contributed by atoms with Crippen LogP contribution in [0.25, 0.3) is 23.1 Å². The van der Waals surface area contributed by atoms with Crippen molar-refractivity contribution in [1.29, 1.82) is 0 Å². The van der Waals surface area contributed by atoms with Gasteiger partial charge in [0.05, 0.1) is 34.1 Å². The number of halogens is 1. The van der Waals surface area contributed by atoms with E-state index >= 15 is 0 Å². The Bertz CT molecular complexity index is 1460. The highest BCUT2D eigenvalue weighted by Crippen LogP contribution is 2.39. The standard InChI is InChI=1S/C29H27FN2O5/c1-34-26-15-19(16-27(35-2)29(26)37-4)10-9-18-13-22(30)28(36-3)24(14-18)31-12-11-25(33)21-17-32-23-8-6-5-7-20(21)23/h5-17,31-32H,1-4H3. The van der Waals surface area contributed by atoms with Gasteiger partial charge in [-0.25, -0.2) is 4.39 Å². The zero-order valence-electron chi connectivity index (χ0n) is 20.9. The highest BCUT2D eigenvalue weighted by molar-refractivity contribution is 6.13. The van der Waals surface area contributed by atoms with Gasteiger partial charge in [0.25, 0.3) is 0 Å². The van der Waals surface area contributed by atoms with Crippen LogP contribution in [0.2, 0.25) is 0 Å². The molecule has 0 unspecified atom stereocenters. The molecule has 190 valence electrons. The van der Waals surface area contributed by atoms with Crippen LogP contribution in [0, 0.1) is 5.82 Å². The number of aromatic amines is 1. The summed E-state index contributed by atoms with van der Waals surface area (Å²) in [6.45, 7) is 0. The van der Waals surface area contributed by atoms with Crippen molar-refractivity contribution in [2.75, 3.05) is 33.8 Å². The van der Waals surface area contributed by atoms with Crippen molar-refractivity contribution in [1.82, 2.24) is 4.98 Å². The quantitative estimate of drug-likeness (QED) is 0.150. The van der Waals surface area contributed by atoms with E-state index < -0.39 is 5.82 Å². The van der Waals surface area contributed by atoms with E-state index in [0.29, 0.717) is 34.1 Å². The van der Waals surface area contributed by atoms with Gasteiger partial charge in [-0.2, -0.15) is 0 Å². The molecular formula is C29H27FN2O5. The molecule has 37 heavy (non-hydrogen) atoms. The number of H-pyrrole nitrogens is 1. The van der Waals surface area contributed by atoms with Gasteiger partial charge in [0, 0.05) is 34.9 Å². The topological polar surface area (TPSA) is 81.8 Å². The van der Waals surface area contributed by atoms with Gasteiger partial charge in [-0.3, -0.25) is 4.79 Å². The van der Waals surface area contributed by atoms with E-state index in [4.69, 9.17) is 18.9 Å². The summed E-state index contributed by atoms with van der Waals surface area (Å²) in [7, 11) is 6.00. The zero-order valence-corrected chi connectivity index (χ0v) is 20.9. The molecule has 0 aliphatic heterocycles. The van der Waals surface area contributed by atoms with E-state index in [1.165, 1.54) is 32.6 Å². The van der Waals surface area contributed by atoms with Gasteiger partial charge in [0.2, 0.25) is 5.75 Å². The second kappa shape index (κ2) is 11.3. The predicted molar refractivity (Wildman–Crippen MR) is 143 cm³/mol. The number of benzene rings is 3. The molecule has 4 rings (SSSR count). The summed E-state index contributed by atoms with van der Waals surface area (Å²) in [5.41, 5.74) is 3.14. The Morgan fingerprint density at radius 3 is 2.16 bits per heavy atom. The largest absolute Gasteiger partial charge is 0.493 e. The number of methoxy groups -OCH3 is 4. The number of carbonyl (C=O) groups is 1. The minimum atomic E-state index is -0.548. The Balaban J connectivity index is 1.57. The molecule has 0 aliphatic rings. The molecule has 0 spiro atoms. The molecule has 0 aliphatic carbocycles. The van der Waals surface area contributed by atoms with Crippen molar-refractivity contribution >= 4 is 34.5 Å². The lowest BCUT2D eigenvalue weighted by atomic mass is 10.1. The molecule has 2 N–H and O–H groups in total. The maximum Gasteiger partial charge on any atom is 0.203 e. The van der Waals surface area contributed by atoms with Crippen LogP contribution >= 0.6 is 0 Å². The molecule has 1 aromatic heterocycles. The van der Waals surface area contributed by atoms with Gasteiger partial charge in [-0.15, -0.1) is 0 Å². The number of carbonyl (C=O) groups excluding carboxylic acids is 1. The molecule has 0 saturated carbocycles. The van der Waals surface area contributed by atoms with Gasteiger partial charge < -0.3 is 29.2 Å². The highest BCUT2D eigenvalue weighted by atomic mass is 19.1. The minimum Gasteiger partial charge on any atom is -0.493 e. The Labute approximate surface area is 214 Å². The second-order valence-electron chi connectivity index (χ2n) is 7.97. The summed E-state index contributed by atoms with van der Waals surface area (Å²) in [6, 6.07) is 14.2. The number of ether oxygens (including phenoxy) is 4. The van der Waals surface area contributed by atoms with Gasteiger partial charge in [0.1, 0.15) is 0 Å². The summed E-state index contributed by atoms with van der Waals surface area (Å²) < 4.78 is 36.2. The zero-order chi connectivity index (χ0) is 26.4. The number of hydrogen-bond acceptors (Lipinski definition) is 6. The Hall–Kier alpha value is -4.72. The van der Waals surface area contributed by atoms with Crippen LogP contribution in [0.15, 0.2) is 67.0 Å². The molecule has 8 heteroatoms. The number of hydrogen-bond donors (Lipinski definition) is 2. The fourth-order valence-electron chi connectivity index (χ4n) is 3.99. The number of nitrogens with one attached hydrogen (secondary N) is 2.